The van der Waals surface area contributed by atoms with Gasteiger partial charge in [0.05, 0.1) is 6.54 Å². The number of nitrogens with one attached hydrogen (secondary N) is 1. The van der Waals surface area contributed by atoms with Gasteiger partial charge >= 0.3 is 6.03 Å². The van der Waals surface area contributed by atoms with Crippen molar-refractivity contribution in [3.05, 3.63) is 59.1 Å². The zero-order valence-electron chi connectivity index (χ0n) is 19.1. The summed E-state index contributed by atoms with van der Waals surface area (Å²) in [5, 5.41) is 3.47. The molecule has 2 aliphatic heterocycles. The minimum atomic E-state index is -0.275. The molecule has 0 bridgehead atoms. The molecule has 2 aromatic rings. The van der Waals surface area contributed by atoms with Crippen molar-refractivity contribution in [1.29, 1.82) is 0 Å². The number of hydrogen-bond acceptors (Lipinski definition) is 5. The van der Waals surface area contributed by atoms with Crippen molar-refractivity contribution in [2.75, 3.05) is 53.0 Å². The molecule has 8 heteroatoms. The first-order chi connectivity index (χ1) is 16.0. The van der Waals surface area contributed by atoms with Gasteiger partial charge < -0.3 is 24.4 Å². The Labute approximate surface area is 200 Å². The maximum Gasteiger partial charge on any atom is 0.317 e. The van der Waals surface area contributed by atoms with E-state index in [4.69, 9.17) is 25.8 Å². The molecule has 7 nitrogen and oxygen atoms in total. The predicted molar refractivity (Wildman–Crippen MR) is 128 cm³/mol. The maximum absolute atomic E-state index is 11.6. The molecule has 0 radical (unpaired) electrons. The van der Waals surface area contributed by atoms with E-state index in [2.05, 4.69) is 22.3 Å². The third-order valence-electron chi connectivity index (χ3n) is 6.40. The molecule has 178 valence electrons. The van der Waals surface area contributed by atoms with Crippen LogP contribution in [0.3, 0.4) is 0 Å². The average Bonchev–Trinajstić information content (AvgIpc) is 3.25. The molecule has 1 N–H and O–H groups in total. The molecule has 2 saturated heterocycles. The lowest BCUT2D eigenvalue weighted by atomic mass is 9.91. The third kappa shape index (κ3) is 6.53. The van der Waals surface area contributed by atoms with Crippen molar-refractivity contribution in [1.82, 2.24) is 15.1 Å². The van der Waals surface area contributed by atoms with Gasteiger partial charge in [0.25, 0.3) is 0 Å². The van der Waals surface area contributed by atoms with Gasteiger partial charge in [0.1, 0.15) is 30.3 Å². The van der Waals surface area contributed by atoms with E-state index in [0.29, 0.717) is 31.3 Å². The van der Waals surface area contributed by atoms with Gasteiger partial charge in [0, 0.05) is 44.9 Å². The van der Waals surface area contributed by atoms with Crippen molar-refractivity contribution < 1.29 is 19.0 Å². The van der Waals surface area contributed by atoms with Gasteiger partial charge in [-0.05, 0) is 48.7 Å². The van der Waals surface area contributed by atoms with Crippen molar-refractivity contribution >= 4 is 17.6 Å². The summed E-state index contributed by atoms with van der Waals surface area (Å²) in [6.07, 6.45) is 1.82. The van der Waals surface area contributed by atoms with E-state index in [1.807, 2.05) is 36.4 Å². The van der Waals surface area contributed by atoms with Crippen LogP contribution in [-0.4, -0.2) is 74.5 Å². The Morgan fingerprint density at radius 3 is 2.48 bits per heavy atom. The quantitative estimate of drug-likeness (QED) is 0.568. The van der Waals surface area contributed by atoms with Crippen LogP contribution in [0, 0.1) is 0 Å². The fourth-order valence-electron chi connectivity index (χ4n) is 4.25. The normalized spacial score (nSPS) is 18.2. The molecule has 0 aromatic heterocycles. The number of piperidine rings is 1. The van der Waals surface area contributed by atoms with Gasteiger partial charge in [0.2, 0.25) is 0 Å². The van der Waals surface area contributed by atoms with Crippen molar-refractivity contribution in [3.8, 4) is 11.5 Å². The lowest BCUT2D eigenvalue weighted by Gasteiger charge is -2.40. The maximum atomic E-state index is 11.6. The molecule has 0 spiro atoms. The number of carbonyl (C=O) groups is 1. The first kappa shape index (κ1) is 23.7. The van der Waals surface area contributed by atoms with Crippen LogP contribution >= 0.6 is 11.6 Å². The molecule has 4 rings (SSSR count). The topological polar surface area (TPSA) is 63.3 Å². The Morgan fingerprint density at radius 2 is 1.82 bits per heavy atom. The number of carbonyl (C=O) groups excluding carboxylic acids is 1. The van der Waals surface area contributed by atoms with Crippen molar-refractivity contribution in [2.45, 2.75) is 25.0 Å². The Bertz CT molecular complexity index is 916. The first-order valence-electron chi connectivity index (χ1n) is 11.5. The summed E-state index contributed by atoms with van der Waals surface area (Å²) in [7, 11) is 1.77. The smallest absolute Gasteiger partial charge is 0.317 e. The van der Waals surface area contributed by atoms with Crippen LogP contribution in [0.4, 0.5) is 4.79 Å². The third-order valence-corrected chi connectivity index (χ3v) is 6.64. The van der Waals surface area contributed by atoms with Crippen LogP contribution in [0.5, 0.6) is 11.5 Å². The highest BCUT2D eigenvalue weighted by atomic mass is 35.5. The van der Waals surface area contributed by atoms with E-state index in [1.54, 1.807) is 12.0 Å². The van der Waals surface area contributed by atoms with Gasteiger partial charge in [-0.1, -0.05) is 29.8 Å². The lowest BCUT2D eigenvalue weighted by molar-refractivity contribution is -0.0839. The number of halogens is 1. The van der Waals surface area contributed by atoms with Gasteiger partial charge in [-0.2, -0.15) is 0 Å². The molecule has 33 heavy (non-hydrogen) atoms. The Hall–Kier alpha value is -2.48. The molecule has 2 fully saturated rings. The van der Waals surface area contributed by atoms with Crippen molar-refractivity contribution in [2.24, 2.45) is 0 Å². The van der Waals surface area contributed by atoms with Gasteiger partial charge in [-0.15, -0.1) is 0 Å². The predicted octanol–water partition coefficient (Wildman–Crippen LogP) is 3.80. The number of likely N-dealkylation sites (tertiary alicyclic amines) is 1. The van der Waals surface area contributed by atoms with Crippen LogP contribution in [-0.2, 0) is 11.3 Å². The highest BCUT2D eigenvalue weighted by Gasteiger charge is 2.35. The summed E-state index contributed by atoms with van der Waals surface area (Å²) in [5.74, 6) is 1.60. The van der Waals surface area contributed by atoms with Crippen molar-refractivity contribution in [3.63, 3.8) is 0 Å². The van der Waals surface area contributed by atoms with E-state index in [0.717, 1.165) is 50.5 Å². The fraction of sp³-hybridized carbons (Fsp3) is 0.480. The molecular formula is C25H32ClN3O4. The second-order valence-corrected chi connectivity index (χ2v) is 9.06. The summed E-state index contributed by atoms with van der Waals surface area (Å²) in [6, 6.07) is 15.7. The molecule has 2 aromatic carbocycles. The Morgan fingerprint density at radius 1 is 1.03 bits per heavy atom. The monoisotopic (exact) mass is 473 g/mol. The molecule has 2 aliphatic rings. The summed E-state index contributed by atoms with van der Waals surface area (Å²) in [5.41, 5.74) is 0.976. The second kappa shape index (κ2) is 11.1. The molecule has 0 atom stereocenters. The van der Waals surface area contributed by atoms with Crippen LogP contribution in [0.25, 0.3) is 0 Å². The Kier molecular flexibility index (Phi) is 7.96. The zero-order chi connectivity index (χ0) is 23.1. The van der Waals surface area contributed by atoms with Gasteiger partial charge in [0.15, 0.2) is 0 Å². The van der Waals surface area contributed by atoms with E-state index in [9.17, 15) is 4.79 Å². The molecule has 2 heterocycles. The fourth-order valence-corrected chi connectivity index (χ4v) is 4.43. The first-order valence-corrected chi connectivity index (χ1v) is 11.8. The second-order valence-electron chi connectivity index (χ2n) is 8.62. The van der Waals surface area contributed by atoms with E-state index in [-0.39, 0.29) is 11.6 Å². The minimum absolute atomic E-state index is 0.0102. The number of benzene rings is 2. The lowest BCUT2D eigenvalue weighted by Crippen LogP contribution is -2.48. The van der Waals surface area contributed by atoms with Crippen LogP contribution in [0.2, 0.25) is 5.02 Å². The molecular weight excluding hydrogens is 442 g/mol. The number of amides is 2. The highest BCUT2D eigenvalue weighted by Crippen LogP contribution is 2.29. The summed E-state index contributed by atoms with van der Waals surface area (Å²) >= 11 is 6.06. The minimum Gasteiger partial charge on any atom is -0.492 e. The molecule has 0 unspecified atom stereocenters. The van der Waals surface area contributed by atoms with E-state index < -0.39 is 0 Å². The van der Waals surface area contributed by atoms with Crippen LogP contribution in [0.15, 0.2) is 48.5 Å². The van der Waals surface area contributed by atoms with Crippen LogP contribution in [0.1, 0.15) is 18.4 Å². The molecule has 0 saturated carbocycles. The Balaban J connectivity index is 1.20. The zero-order valence-corrected chi connectivity index (χ0v) is 19.9. The summed E-state index contributed by atoms with van der Waals surface area (Å²) in [4.78, 5) is 15.8. The SMILES string of the molecule is COC1(COc2cccc(Cl)c2)CCN(Cc2ccc(OCCN3CCNC3=O)cc2)CC1. The van der Waals surface area contributed by atoms with Crippen LogP contribution < -0.4 is 14.8 Å². The largest absolute Gasteiger partial charge is 0.492 e. The number of ether oxygens (including phenoxy) is 3. The molecule has 0 aliphatic carbocycles. The van der Waals surface area contributed by atoms with E-state index >= 15 is 0 Å². The number of hydrogen-bond donors (Lipinski definition) is 1. The standard InChI is InChI=1S/C25H32ClN3O4/c1-31-25(19-33-23-4-2-3-21(26)17-23)9-12-28(13-10-25)18-20-5-7-22(8-6-20)32-16-15-29-14-11-27-24(29)30/h2-8,17H,9-16,18-19H2,1H3,(H,27,30). The summed E-state index contributed by atoms with van der Waals surface area (Å²) < 4.78 is 17.7. The number of nitrogens with zero attached hydrogens (tertiary/aromatic N) is 2. The number of methoxy groups -OCH3 is 1. The average molecular weight is 474 g/mol. The van der Waals surface area contributed by atoms with Gasteiger partial charge in [-0.3, -0.25) is 4.90 Å². The highest BCUT2D eigenvalue weighted by molar-refractivity contribution is 6.30. The van der Waals surface area contributed by atoms with E-state index in [1.165, 1.54) is 5.56 Å². The van der Waals surface area contributed by atoms with Gasteiger partial charge in [-0.25, -0.2) is 4.79 Å². The number of urea groups is 1. The summed E-state index contributed by atoms with van der Waals surface area (Å²) in [6.45, 7) is 5.86. The molecule has 2 amide bonds. The number of rotatable bonds is 10.